The summed E-state index contributed by atoms with van der Waals surface area (Å²) in [5.74, 6) is 0. The molecule has 0 fully saturated rings. The van der Waals surface area contributed by atoms with Gasteiger partial charge in [-0.15, -0.1) is 0 Å². The van der Waals surface area contributed by atoms with Gasteiger partial charge in [0, 0.05) is 25.0 Å². The number of nitrogens with zero attached hydrogens (tertiary/aromatic N) is 2. The number of primary amides is 1. The van der Waals surface area contributed by atoms with Crippen LogP contribution in [0.25, 0.3) is 0 Å². The lowest BCUT2D eigenvalue weighted by Gasteiger charge is -1.88. The summed E-state index contributed by atoms with van der Waals surface area (Å²) in [5, 5.41) is 3.59. The molecule has 0 spiro atoms. The number of hydrogen-bond acceptors (Lipinski definition) is 2. The van der Waals surface area contributed by atoms with Crippen LogP contribution in [0.4, 0.5) is 4.79 Å². The molecule has 1 aromatic heterocycles. The van der Waals surface area contributed by atoms with Crippen LogP contribution in [-0.4, -0.2) is 16.8 Å². The molecule has 2 amide bonds. The van der Waals surface area contributed by atoms with Crippen molar-refractivity contribution in [3.63, 3.8) is 0 Å². The number of carbonyl (C=O) groups is 1. The van der Waals surface area contributed by atoms with Crippen LogP contribution < -0.4 is 11.2 Å². The van der Waals surface area contributed by atoms with Gasteiger partial charge in [0.05, 0.1) is 6.21 Å². The fourth-order valence-electron chi connectivity index (χ4n) is 0.772. The van der Waals surface area contributed by atoms with E-state index in [0.29, 0.717) is 0 Å². The minimum Gasteiger partial charge on any atom is -0.357 e. The summed E-state index contributed by atoms with van der Waals surface area (Å²) in [7, 11) is 1.90. The smallest absolute Gasteiger partial charge is 0.332 e. The summed E-state index contributed by atoms with van der Waals surface area (Å²) >= 11 is 0. The van der Waals surface area contributed by atoms with Crippen molar-refractivity contribution >= 4 is 12.2 Å². The van der Waals surface area contributed by atoms with Crippen LogP contribution in [0.3, 0.4) is 0 Å². The highest BCUT2D eigenvalue weighted by molar-refractivity contribution is 5.81. The van der Waals surface area contributed by atoms with Gasteiger partial charge in [-0.25, -0.2) is 10.2 Å². The van der Waals surface area contributed by atoms with Crippen molar-refractivity contribution in [2.75, 3.05) is 0 Å². The fourth-order valence-corrected chi connectivity index (χ4v) is 0.772. The summed E-state index contributed by atoms with van der Waals surface area (Å²) in [6, 6.07) is 1.20. The molecule has 0 aliphatic rings. The van der Waals surface area contributed by atoms with Gasteiger partial charge in [-0.05, 0) is 6.07 Å². The van der Waals surface area contributed by atoms with Crippen molar-refractivity contribution in [3.8, 4) is 0 Å². The van der Waals surface area contributed by atoms with Crippen LogP contribution in [-0.2, 0) is 7.05 Å². The molecule has 0 bridgehead atoms. The average molecular weight is 166 g/mol. The molecule has 5 heteroatoms. The summed E-state index contributed by atoms with van der Waals surface area (Å²) in [5.41, 5.74) is 7.80. The molecule has 1 aromatic rings. The first-order chi connectivity index (χ1) is 5.68. The number of amides is 2. The van der Waals surface area contributed by atoms with Crippen molar-refractivity contribution < 1.29 is 4.79 Å². The second kappa shape index (κ2) is 3.56. The topological polar surface area (TPSA) is 72.4 Å². The van der Waals surface area contributed by atoms with Gasteiger partial charge in [0.2, 0.25) is 0 Å². The van der Waals surface area contributed by atoms with E-state index in [9.17, 15) is 4.79 Å². The first-order valence-corrected chi connectivity index (χ1v) is 3.39. The summed E-state index contributed by atoms with van der Waals surface area (Å²) in [6.45, 7) is 0. The Hall–Kier alpha value is -1.78. The number of rotatable bonds is 2. The maximum atomic E-state index is 10.2. The Morgan fingerprint density at radius 2 is 2.58 bits per heavy atom. The van der Waals surface area contributed by atoms with Crippen LogP contribution in [0.1, 0.15) is 5.56 Å². The summed E-state index contributed by atoms with van der Waals surface area (Å²) in [6.07, 6.45) is 5.27. The van der Waals surface area contributed by atoms with Gasteiger partial charge in [-0.1, -0.05) is 0 Å². The first-order valence-electron chi connectivity index (χ1n) is 3.39. The minimum atomic E-state index is -0.665. The number of urea groups is 1. The van der Waals surface area contributed by atoms with E-state index in [0.717, 1.165) is 5.56 Å². The third kappa shape index (κ3) is 2.45. The Morgan fingerprint density at radius 1 is 1.83 bits per heavy atom. The number of aromatic nitrogens is 1. The zero-order chi connectivity index (χ0) is 8.97. The van der Waals surface area contributed by atoms with Crippen molar-refractivity contribution in [1.29, 1.82) is 0 Å². The van der Waals surface area contributed by atoms with Gasteiger partial charge < -0.3 is 10.3 Å². The number of nitrogens with two attached hydrogens (primary N) is 1. The third-order valence-corrected chi connectivity index (χ3v) is 1.24. The molecule has 64 valence electrons. The molecule has 0 aromatic carbocycles. The number of hydrazone groups is 1. The highest BCUT2D eigenvalue weighted by atomic mass is 16.2. The molecule has 3 N–H and O–H groups in total. The quantitative estimate of drug-likeness (QED) is 0.472. The lowest BCUT2D eigenvalue weighted by Crippen LogP contribution is -2.24. The molecule has 0 atom stereocenters. The van der Waals surface area contributed by atoms with E-state index in [1.54, 1.807) is 0 Å². The van der Waals surface area contributed by atoms with E-state index in [1.165, 1.54) is 6.21 Å². The average Bonchev–Trinajstić information content (AvgIpc) is 2.35. The van der Waals surface area contributed by atoms with Crippen molar-refractivity contribution in [1.82, 2.24) is 9.99 Å². The van der Waals surface area contributed by atoms with Crippen LogP contribution in [0, 0.1) is 0 Å². The molecule has 1 heterocycles. The lowest BCUT2D eigenvalue weighted by molar-refractivity contribution is 0.249. The van der Waals surface area contributed by atoms with E-state index in [4.69, 9.17) is 5.73 Å². The van der Waals surface area contributed by atoms with E-state index in [-0.39, 0.29) is 0 Å². The normalized spacial score (nSPS) is 10.4. The van der Waals surface area contributed by atoms with Gasteiger partial charge in [-0.3, -0.25) is 0 Å². The number of carbonyl (C=O) groups excluding carboxylic acids is 1. The molecule has 12 heavy (non-hydrogen) atoms. The minimum absolute atomic E-state index is 0.665. The van der Waals surface area contributed by atoms with Gasteiger partial charge in [-0.2, -0.15) is 5.10 Å². The molecule has 0 saturated heterocycles. The van der Waals surface area contributed by atoms with Gasteiger partial charge in [0.15, 0.2) is 0 Å². The molecule has 1 rings (SSSR count). The van der Waals surface area contributed by atoms with E-state index in [1.807, 2.05) is 30.1 Å². The highest BCUT2D eigenvalue weighted by Crippen LogP contribution is 1.94. The Labute approximate surface area is 69.9 Å². The van der Waals surface area contributed by atoms with Crippen molar-refractivity contribution in [2.45, 2.75) is 0 Å². The van der Waals surface area contributed by atoms with Gasteiger partial charge in [0.25, 0.3) is 0 Å². The molecule has 0 unspecified atom stereocenters. The van der Waals surface area contributed by atoms with Crippen molar-refractivity contribution in [3.05, 3.63) is 24.0 Å². The third-order valence-electron chi connectivity index (χ3n) is 1.24. The number of nitrogens with one attached hydrogen (secondary N) is 1. The monoisotopic (exact) mass is 166 g/mol. The van der Waals surface area contributed by atoms with Crippen molar-refractivity contribution in [2.24, 2.45) is 17.9 Å². The predicted octanol–water partition coefficient (Wildman–Crippen LogP) is 0.0273. The van der Waals surface area contributed by atoms with E-state index < -0.39 is 6.03 Å². The Morgan fingerprint density at radius 3 is 3.08 bits per heavy atom. The molecule has 5 nitrogen and oxygen atoms in total. The molecular formula is C7H10N4O. The maximum absolute atomic E-state index is 10.2. The molecule has 0 radical (unpaired) electrons. The van der Waals surface area contributed by atoms with E-state index >= 15 is 0 Å². The SMILES string of the molecule is Cn1ccc(/C=N/NC(N)=O)c1. The maximum Gasteiger partial charge on any atom is 0.332 e. The zero-order valence-corrected chi connectivity index (χ0v) is 6.69. The molecule has 0 saturated carbocycles. The fraction of sp³-hybridized carbons (Fsp3) is 0.143. The zero-order valence-electron chi connectivity index (χ0n) is 6.69. The van der Waals surface area contributed by atoms with Crippen LogP contribution >= 0.6 is 0 Å². The Balaban J connectivity index is 2.52. The lowest BCUT2D eigenvalue weighted by atomic mass is 10.4. The first kappa shape index (κ1) is 8.32. The Bertz CT molecular complexity index is 302. The summed E-state index contributed by atoms with van der Waals surface area (Å²) < 4.78 is 1.88. The second-order valence-electron chi connectivity index (χ2n) is 2.34. The molecular weight excluding hydrogens is 156 g/mol. The standard InChI is InChI=1S/C7H10N4O/c1-11-3-2-6(5-11)4-9-10-7(8)12/h2-5H,1H3,(H3,8,10,12)/b9-4+. The highest BCUT2D eigenvalue weighted by Gasteiger charge is 1.89. The van der Waals surface area contributed by atoms with Crippen LogP contribution in [0.15, 0.2) is 23.6 Å². The van der Waals surface area contributed by atoms with Crippen LogP contribution in [0.5, 0.6) is 0 Å². The summed E-state index contributed by atoms with van der Waals surface area (Å²) in [4.78, 5) is 10.2. The largest absolute Gasteiger partial charge is 0.357 e. The van der Waals surface area contributed by atoms with Gasteiger partial charge >= 0.3 is 6.03 Å². The van der Waals surface area contributed by atoms with E-state index in [2.05, 4.69) is 10.5 Å². The number of aryl methyl sites for hydroxylation is 1. The second-order valence-corrected chi connectivity index (χ2v) is 2.34. The Kier molecular flexibility index (Phi) is 2.47. The molecule has 0 aliphatic heterocycles. The van der Waals surface area contributed by atoms with Gasteiger partial charge in [0.1, 0.15) is 0 Å². The van der Waals surface area contributed by atoms with Crippen LogP contribution in [0.2, 0.25) is 0 Å². The molecule has 0 aliphatic carbocycles. The number of hydrogen-bond donors (Lipinski definition) is 2. The predicted molar refractivity (Wildman–Crippen MR) is 45.7 cm³/mol.